The van der Waals surface area contributed by atoms with Crippen LogP contribution in [0.2, 0.25) is 0 Å². The molecule has 0 bridgehead atoms. The predicted octanol–water partition coefficient (Wildman–Crippen LogP) is 1.68. The van der Waals surface area contributed by atoms with Crippen molar-refractivity contribution in [3.8, 4) is 5.75 Å². The van der Waals surface area contributed by atoms with Gasteiger partial charge in [-0.05, 0) is 31.5 Å². The largest absolute Gasteiger partial charge is 0.494 e. The van der Waals surface area contributed by atoms with Crippen LogP contribution in [0.5, 0.6) is 5.75 Å². The number of carbonyl (C=O) groups excluding carboxylic acids is 2. The Kier molecular flexibility index (Phi) is 6.47. The number of nitrogens with zero attached hydrogens (tertiary/aromatic N) is 2. The molecule has 7 heteroatoms. The van der Waals surface area contributed by atoms with Crippen molar-refractivity contribution < 1.29 is 24.2 Å². The van der Waals surface area contributed by atoms with Crippen molar-refractivity contribution in [3.63, 3.8) is 0 Å². The smallest absolute Gasteiger partial charge is 0.338 e. The van der Waals surface area contributed by atoms with Crippen LogP contribution < -0.4 is 4.74 Å². The number of carbonyl (C=O) groups is 2. The monoisotopic (exact) mass is 364 g/mol. The molecule has 1 aliphatic rings. The van der Waals surface area contributed by atoms with E-state index in [1.807, 2.05) is 24.3 Å². The summed E-state index contributed by atoms with van der Waals surface area (Å²) in [4.78, 5) is 26.9. The molecule has 1 aromatic rings. The van der Waals surface area contributed by atoms with Crippen LogP contribution in [-0.2, 0) is 16.0 Å². The molecule has 1 aromatic carbocycles. The average molecular weight is 364 g/mol. The normalized spacial score (nSPS) is 19.4. The van der Waals surface area contributed by atoms with Crippen LogP contribution in [0.1, 0.15) is 25.8 Å². The van der Waals surface area contributed by atoms with Crippen molar-refractivity contribution in [2.24, 2.45) is 0 Å². The molecule has 2 rings (SSSR count). The summed E-state index contributed by atoms with van der Waals surface area (Å²) in [7, 11) is 3.60. The predicted molar refractivity (Wildman–Crippen MR) is 97.1 cm³/mol. The summed E-state index contributed by atoms with van der Waals surface area (Å²) in [5, 5.41) is 10.2. The van der Waals surface area contributed by atoms with Gasteiger partial charge in [0.25, 0.3) is 0 Å². The Hall–Kier alpha value is -2.28. The van der Waals surface area contributed by atoms with Gasteiger partial charge in [-0.15, -0.1) is 0 Å². The fraction of sp³-hybridized carbons (Fsp3) is 0.579. The van der Waals surface area contributed by atoms with E-state index in [0.29, 0.717) is 18.9 Å². The Morgan fingerprint density at radius 2 is 1.96 bits per heavy atom. The molecule has 0 saturated carbocycles. The lowest BCUT2D eigenvalue weighted by molar-refractivity contribution is -0.163. The van der Waals surface area contributed by atoms with Crippen molar-refractivity contribution in [1.82, 2.24) is 9.80 Å². The van der Waals surface area contributed by atoms with E-state index in [0.717, 1.165) is 12.0 Å². The maximum atomic E-state index is 11.7. The third kappa shape index (κ3) is 4.88. The first-order chi connectivity index (χ1) is 12.2. The van der Waals surface area contributed by atoms with Crippen LogP contribution in [0.15, 0.2) is 24.3 Å². The Morgan fingerprint density at radius 3 is 2.50 bits per heavy atom. The number of hydrogen-bond acceptors (Lipinski definition) is 5. The van der Waals surface area contributed by atoms with Crippen LogP contribution in [0.3, 0.4) is 0 Å². The quantitative estimate of drug-likeness (QED) is 0.710. The van der Waals surface area contributed by atoms with Gasteiger partial charge in [0.05, 0.1) is 19.3 Å². The Balaban J connectivity index is 1.82. The molecule has 26 heavy (non-hydrogen) atoms. The highest BCUT2D eigenvalue weighted by molar-refractivity contribution is 5.79. The van der Waals surface area contributed by atoms with Gasteiger partial charge in [-0.25, -0.2) is 9.59 Å². The number of hydrogen-bond donors (Lipinski definition) is 1. The van der Waals surface area contributed by atoms with Gasteiger partial charge in [0, 0.05) is 33.5 Å². The zero-order valence-electron chi connectivity index (χ0n) is 15.9. The summed E-state index contributed by atoms with van der Waals surface area (Å²) < 4.78 is 10.6. The van der Waals surface area contributed by atoms with E-state index in [4.69, 9.17) is 9.47 Å². The van der Waals surface area contributed by atoms with Crippen molar-refractivity contribution in [1.29, 1.82) is 0 Å². The fourth-order valence-corrected chi connectivity index (χ4v) is 3.00. The molecule has 0 aromatic heterocycles. The van der Waals surface area contributed by atoms with Gasteiger partial charge in [0.1, 0.15) is 5.75 Å². The molecule has 1 aliphatic heterocycles. The molecule has 0 aliphatic carbocycles. The molecule has 0 unspecified atom stereocenters. The van der Waals surface area contributed by atoms with Gasteiger partial charge >= 0.3 is 12.0 Å². The lowest BCUT2D eigenvalue weighted by atomic mass is 9.97. The maximum absolute atomic E-state index is 11.7. The van der Waals surface area contributed by atoms with Gasteiger partial charge in [0.15, 0.2) is 5.60 Å². The number of ether oxygens (including phenoxy) is 2. The van der Waals surface area contributed by atoms with Crippen molar-refractivity contribution in [2.45, 2.75) is 38.3 Å². The van der Waals surface area contributed by atoms with Gasteiger partial charge in [-0.2, -0.15) is 0 Å². The summed E-state index contributed by atoms with van der Waals surface area (Å²) in [6, 6.07) is 7.46. The number of aliphatic hydroxyl groups is 1. The standard InChI is InChI=1S/C19H28N2O5/c1-5-25-17(22)19(2,24)12-14-6-8-16(9-7-14)26-11-10-15-13-20(3)18(23)21(15)4/h6-9,15,24H,5,10-13H2,1-4H3/t15-,19+/m1/s1. The number of amides is 2. The van der Waals surface area contributed by atoms with Crippen LogP contribution >= 0.6 is 0 Å². The van der Waals surface area contributed by atoms with Crippen molar-refractivity contribution in [2.75, 3.05) is 33.9 Å². The number of esters is 1. The topological polar surface area (TPSA) is 79.3 Å². The fourth-order valence-electron chi connectivity index (χ4n) is 3.00. The third-order valence-corrected chi connectivity index (χ3v) is 4.57. The average Bonchev–Trinajstić information content (AvgIpc) is 2.83. The molecule has 2 atom stereocenters. The van der Waals surface area contributed by atoms with E-state index in [2.05, 4.69) is 0 Å². The highest BCUT2D eigenvalue weighted by atomic mass is 16.5. The van der Waals surface area contributed by atoms with Crippen LogP contribution in [0, 0.1) is 0 Å². The molecule has 1 saturated heterocycles. The molecule has 1 heterocycles. The molecule has 144 valence electrons. The minimum Gasteiger partial charge on any atom is -0.494 e. The Bertz CT molecular complexity index is 629. The highest BCUT2D eigenvalue weighted by Crippen LogP contribution is 2.20. The number of likely N-dealkylation sites (N-methyl/N-ethyl adjacent to an activating group) is 2. The number of rotatable bonds is 8. The lowest BCUT2D eigenvalue weighted by Gasteiger charge is -2.21. The minimum absolute atomic E-state index is 0.0352. The molecule has 2 amide bonds. The summed E-state index contributed by atoms with van der Waals surface area (Å²) >= 11 is 0. The van der Waals surface area contributed by atoms with Gasteiger partial charge in [0.2, 0.25) is 0 Å². The molecule has 0 radical (unpaired) electrons. The van der Waals surface area contributed by atoms with Crippen molar-refractivity contribution >= 4 is 12.0 Å². The summed E-state index contributed by atoms with van der Waals surface area (Å²) in [6.07, 6.45) is 0.930. The van der Waals surface area contributed by atoms with Crippen molar-refractivity contribution in [3.05, 3.63) is 29.8 Å². The number of benzene rings is 1. The summed E-state index contributed by atoms with van der Waals surface area (Å²) in [6.45, 7) is 4.61. The zero-order chi connectivity index (χ0) is 19.3. The van der Waals surface area contributed by atoms with E-state index in [1.54, 1.807) is 30.8 Å². The van der Waals surface area contributed by atoms with Crippen LogP contribution in [0.25, 0.3) is 0 Å². The number of urea groups is 1. The van der Waals surface area contributed by atoms with E-state index < -0.39 is 11.6 Å². The van der Waals surface area contributed by atoms with Gasteiger partial charge < -0.3 is 24.4 Å². The first-order valence-corrected chi connectivity index (χ1v) is 8.84. The molecular formula is C19H28N2O5. The summed E-state index contributed by atoms with van der Waals surface area (Å²) in [5.74, 6) is 0.0883. The van der Waals surface area contributed by atoms with Crippen LogP contribution in [-0.4, -0.2) is 72.4 Å². The van der Waals surface area contributed by atoms with E-state index in [1.165, 1.54) is 6.92 Å². The second kappa shape index (κ2) is 8.40. The van der Waals surface area contributed by atoms with E-state index in [-0.39, 0.29) is 25.1 Å². The second-order valence-electron chi connectivity index (χ2n) is 6.88. The minimum atomic E-state index is -1.55. The zero-order valence-corrected chi connectivity index (χ0v) is 15.9. The Labute approximate surface area is 154 Å². The highest BCUT2D eigenvalue weighted by Gasteiger charge is 2.32. The molecule has 7 nitrogen and oxygen atoms in total. The molecule has 1 N–H and O–H groups in total. The first-order valence-electron chi connectivity index (χ1n) is 8.84. The van der Waals surface area contributed by atoms with E-state index in [9.17, 15) is 14.7 Å². The summed E-state index contributed by atoms with van der Waals surface area (Å²) in [5.41, 5.74) is -0.734. The van der Waals surface area contributed by atoms with Gasteiger partial charge in [-0.1, -0.05) is 12.1 Å². The molecule has 1 fully saturated rings. The van der Waals surface area contributed by atoms with E-state index >= 15 is 0 Å². The van der Waals surface area contributed by atoms with Gasteiger partial charge in [-0.3, -0.25) is 0 Å². The maximum Gasteiger partial charge on any atom is 0.338 e. The third-order valence-electron chi connectivity index (χ3n) is 4.57. The molecule has 0 spiro atoms. The SMILES string of the molecule is CCOC(=O)[C@@](C)(O)Cc1ccc(OCC[C@@H]2CN(C)C(=O)N2C)cc1. The Morgan fingerprint density at radius 1 is 1.31 bits per heavy atom. The second-order valence-corrected chi connectivity index (χ2v) is 6.88. The van der Waals surface area contributed by atoms with Crippen LogP contribution in [0.4, 0.5) is 4.79 Å². The lowest BCUT2D eigenvalue weighted by Crippen LogP contribution is -2.39. The first kappa shape index (κ1) is 20.0. The molecular weight excluding hydrogens is 336 g/mol.